The van der Waals surface area contributed by atoms with Crippen LogP contribution in [0.1, 0.15) is 50.8 Å². The minimum atomic E-state index is -0.0822. The minimum absolute atomic E-state index is 0.0243. The Hall–Kier alpha value is -2.10. The van der Waals surface area contributed by atoms with Crippen molar-refractivity contribution in [3.05, 3.63) is 54.1 Å². The Morgan fingerprint density at radius 3 is 2.52 bits per heavy atom. The van der Waals surface area contributed by atoms with Gasteiger partial charge in [-0.25, -0.2) is 4.98 Å². The molecule has 0 bridgehead atoms. The molecule has 0 saturated heterocycles. The first-order valence-electron chi connectivity index (χ1n) is 8.17. The van der Waals surface area contributed by atoms with Crippen LogP contribution in [0.4, 0.5) is 0 Å². The van der Waals surface area contributed by atoms with E-state index in [0.717, 1.165) is 18.4 Å². The molecular weight excluding hydrogens is 288 g/mol. The van der Waals surface area contributed by atoms with E-state index < -0.39 is 0 Å². The van der Waals surface area contributed by atoms with Crippen LogP contribution in [0, 0.1) is 5.92 Å². The van der Waals surface area contributed by atoms with Crippen molar-refractivity contribution in [2.75, 3.05) is 0 Å². The molecule has 0 N–H and O–H groups in total. The van der Waals surface area contributed by atoms with E-state index in [4.69, 9.17) is 4.74 Å². The van der Waals surface area contributed by atoms with E-state index in [1.54, 1.807) is 6.20 Å². The zero-order valence-electron chi connectivity index (χ0n) is 14.0. The number of hydrogen-bond acceptors (Lipinski definition) is 3. The van der Waals surface area contributed by atoms with Crippen LogP contribution >= 0.6 is 0 Å². The Balaban J connectivity index is 1.47. The van der Waals surface area contributed by atoms with E-state index in [1.807, 2.05) is 24.7 Å². The van der Waals surface area contributed by atoms with Gasteiger partial charge in [0.1, 0.15) is 6.61 Å². The SMILES string of the molecule is CC(C)(C)c1ccc(COC(=O)C2CC(n3ccnc3)C2)cc1. The van der Waals surface area contributed by atoms with Gasteiger partial charge in [0.2, 0.25) is 0 Å². The van der Waals surface area contributed by atoms with Crippen LogP contribution in [-0.2, 0) is 21.6 Å². The number of aromatic nitrogens is 2. The molecule has 1 heterocycles. The second kappa shape index (κ2) is 6.19. The Morgan fingerprint density at radius 1 is 1.26 bits per heavy atom. The Labute approximate surface area is 137 Å². The summed E-state index contributed by atoms with van der Waals surface area (Å²) in [5.41, 5.74) is 2.47. The van der Waals surface area contributed by atoms with Crippen molar-refractivity contribution in [3.63, 3.8) is 0 Å². The lowest BCUT2D eigenvalue weighted by Crippen LogP contribution is -2.33. The van der Waals surface area contributed by atoms with Gasteiger partial charge in [-0.1, -0.05) is 45.0 Å². The minimum Gasteiger partial charge on any atom is -0.461 e. The summed E-state index contributed by atoms with van der Waals surface area (Å²) in [5.74, 6) is -0.0579. The molecule has 0 aliphatic heterocycles. The Bertz CT molecular complexity index is 648. The van der Waals surface area contributed by atoms with E-state index in [9.17, 15) is 4.79 Å². The fourth-order valence-corrected chi connectivity index (χ4v) is 2.88. The fraction of sp³-hybridized carbons (Fsp3) is 0.474. The molecule has 1 aromatic heterocycles. The smallest absolute Gasteiger partial charge is 0.309 e. The van der Waals surface area contributed by atoms with E-state index in [2.05, 4.69) is 42.5 Å². The highest BCUT2D eigenvalue weighted by Gasteiger charge is 2.36. The topological polar surface area (TPSA) is 44.1 Å². The lowest BCUT2D eigenvalue weighted by atomic mass is 9.80. The highest BCUT2D eigenvalue weighted by molar-refractivity contribution is 5.73. The van der Waals surface area contributed by atoms with E-state index in [0.29, 0.717) is 12.6 Å². The number of carbonyl (C=O) groups excluding carboxylic acids is 1. The molecule has 0 spiro atoms. The predicted octanol–water partition coefficient (Wildman–Crippen LogP) is 3.88. The van der Waals surface area contributed by atoms with Crippen LogP contribution < -0.4 is 0 Å². The van der Waals surface area contributed by atoms with E-state index in [-0.39, 0.29) is 17.3 Å². The second-order valence-electron chi connectivity index (χ2n) is 7.39. The quantitative estimate of drug-likeness (QED) is 0.805. The first-order chi connectivity index (χ1) is 10.9. The van der Waals surface area contributed by atoms with Gasteiger partial charge in [0.25, 0.3) is 0 Å². The van der Waals surface area contributed by atoms with Gasteiger partial charge in [-0.2, -0.15) is 0 Å². The third kappa shape index (κ3) is 3.63. The molecule has 2 aromatic rings. The predicted molar refractivity (Wildman–Crippen MR) is 88.9 cm³/mol. The van der Waals surface area contributed by atoms with Crippen molar-refractivity contribution < 1.29 is 9.53 Å². The standard InChI is InChI=1S/C19H24N2O2/c1-19(2,3)16-6-4-14(5-7-16)12-23-18(22)15-10-17(11-15)21-9-8-20-13-21/h4-9,13,15,17H,10-12H2,1-3H3. The summed E-state index contributed by atoms with van der Waals surface area (Å²) in [6.07, 6.45) is 7.22. The first-order valence-corrected chi connectivity index (χ1v) is 8.17. The normalized spacial score (nSPS) is 20.8. The number of hydrogen-bond donors (Lipinski definition) is 0. The summed E-state index contributed by atoms with van der Waals surface area (Å²) in [6.45, 7) is 6.93. The van der Waals surface area contributed by atoms with Crippen LogP contribution in [0.25, 0.3) is 0 Å². The van der Waals surface area contributed by atoms with Crippen LogP contribution in [0.15, 0.2) is 43.0 Å². The molecule has 0 atom stereocenters. The Kier molecular flexibility index (Phi) is 4.24. The van der Waals surface area contributed by atoms with E-state index >= 15 is 0 Å². The lowest BCUT2D eigenvalue weighted by Gasteiger charge is -2.34. The van der Waals surface area contributed by atoms with Gasteiger partial charge in [-0.05, 0) is 29.4 Å². The van der Waals surface area contributed by atoms with Gasteiger partial charge in [0.15, 0.2) is 0 Å². The van der Waals surface area contributed by atoms with Crippen molar-refractivity contribution in [1.29, 1.82) is 0 Å². The Morgan fingerprint density at radius 2 is 1.96 bits per heavy atom. The average molecular weight is 312 g/mol. The molecule has 0 amide bonds. The molecule has 0 radical (unpaired) electrons. The molecular formula is C19H24N2O2. The molecule has 1 aliphatic carbocycles. The summed E-state index contributed by atoms with van der Waals surface area (Å²) < 4.78 is 7.52. The fourth-order valence-electron chi connectivity index (χ4n) is 2.88. The summed E-state index contributed by atoms with van der Waals surface area (Å²) in [4.78, 5) is 16.1. The van der Waals surface area contributed by atoms with Gasteiger partial charge in [0, 0.05) is 18.4 Å². The maximum atomic E-state index is 12.1. The highest BCUT2D eigenvalue weighted by atomic mass is 16.5. The monoisotopic (exact) mass is 312 g/mol. The zero-order valence-corrected chi connectivity index (χ0v) is 14.0. The van der Waals surface area contributed by atoms with Gasteiger partial charge in [-0.15, -0.1) is 0 Å². The molecule has 1 saturated carbocycles. The number of rotatable bonds is 4. The molecule has 23 heavy (non-hydrogen) atoms. The van der Waals surface area contributed by atoms with Crippen LogP contribution in [0.2, 0.25) is 0 Å². The maximum Gasteiger partial charge on any atom is 0.309 e. The van der Waals surface area contributed by atoms with Crippen molar-refractivity contribution in [3.8, 4) is 0 Å². The van der Waals surface area contributed by atoms with Crippen molar-refractivity contribution in [2.24, 2.45) is 5.92 Å². The maximum absolute atomic E-state index is 12.1. The highest BCUT2D eigenvalue weighted by Crippen LogP contribution is 2.38. The molecule has 0 unspecified atom stereocenters. The molecule has 4 nitrogen and oxygen atoms in total. The number of imidazole rings is 1. The second-order valence-corrected chi connectivity index (χ2v) is 7.39. The summed E-state index contributed by atoms with van der Waals surface area (Å²) in [6, 6.07) is 8.70. The van der Waals surface area contributed by atoms with Crippen molar-refractivity contribution in [1.82, 2.24) is 9.55 Å². The third-order valence-corrected chi connectivity index (χ3v) is 4.59. The zero-order chi connectivity index (χ0) is 16.4. The summed E-state index contributed by atoms with van der Waals surface area (Å²) in [5, 5.41) is 0. The summed E-state index contributed by atoms with van der Waals surface area (Å²) >= 11 is 0. The van der Waals surface area contributed by atoms with Crippen LogP contribution in [0.3, 0.4) is 0 Å². The number of ether oxygens (including phenoxy) is 1. The van der Waals surface area contributed by atoms with Crippen molar-refractivity contribution in [2.45, 2.75) is 51.7 Å². The van der Waals surface area contributed by atoms with Gasteiger partial charge >= 0.3 is 5.97 Å². The molecule has 122 valence electrons. The van der Waals surface area contributed by atoms with Crippen LogP contribution in [-0.4, -0.2) is 15.5 Å². The molecule has 3 rings (SSSR count). The van der Waals surface area contributed by atoms with Gasteiger partial charge < -0.3 is 9.30 Å². The number of esters is 1. The summed E-state index contributed by atoms with van der Waals surface area (Å²) in [7, 11) is 0. The van der Waals surface area contributed by atoms with Gasteiger partial charge in [-0.3, -0.25) is 4.79 Å². The molecule has 4 heteroatoms. The molecule has 1 fully saturated rings. The average Bonchev–Trinajstić information content (AvgIpc) is 2.97. The molecule has 1 aliphatic rings. The van der Waals surface area contributed by atoms with Crippen molar-refractivity contribution >= 4 is 5.97 Å². The first kappa shape index (κ1) is 15.8. The third-order valence-electron chi connectivity index (χ3n) is 4.59. The molecule has 1 aromatic carbocycles. The number of benzene rings is 1. The number of nitrogens with zero attached hydrogens (tertiary/aromatic N) is 2. The number of carbonyl (C=O) groups is 1. The van der Waals surface area contributed by atoms with E-state index in [1.165, 1.54) is 5.56 Å². The van der Waals surface area contributed by atoms with Crippen LogP contribution in [0.5, 0.6) is 0 Å². The largest absolute Gasteiger partial charge is 0.461 e. The lowest BCUT2D eigenvalue weighted by molar-refractivity contribution is -0.154. The van der Waals surface area contributed by atoms with Gasteiger partial charge in [0.05, 0.1) is 12.2 Å².